The monoisotopic (exact) mass is 526 g/mol. The topological polar surface area (TPSA) is 67.2 Å². The van der Waals surface area contributed by atoms with Crippen LogP contribution in [0.5, 0.6) is 0 Å². The number of fused-ring (bicyclic) bond motifs is 1. The number of nitrogens with zero attached hydrogens (tertiary/aromatic N) is 3. The van der Waals surface area contributed by atoms with Crippen LogP contribution < -0.4 is 5.32 Å². The van der Waals surface area contributed by atoms with Gasteiger partial charge in [-0.15, -0.1) is 0 Å². The third-order valence-corrected chi connectivity index (χ3v) is 6.89. The quantitative estimate of drug-likeness (QED) is 0.331. The van der Waals surface area contributed by atoms with E-state index < -0.39 is 0 Å². The van der Waals surface area contributed by atoms with Crippen molar-refractivity contribution in [2.24, 2.45) is 0 Å². The molecule has 0 radical (unpaired) electrons. The first-order chi connectivity index (χ1) is 16.3. The molecule has 0 aliphatic carbocycles. The first-order valence-electron chi connectivity index (χ1n) is 12.1. The number of halogens is 1. The molecule has 1 aromatic heterocycles. The standard InChI is InChI=1S/C27H35BrN4O2/c1-5-19(3)32(20(4)6-2)26(33)18-31-24-14-8-7-13-23(24)30-25(31)15-10-16-29-27(34)21-11-9-12-22(28)17-21/h7-9,11-14,17,19-20H,5-6,10,15-16,18H2,1-4H3,(H,29,34). The van der Waals surface area contributed by atoms with Gasteiger partial charge in [0.05, 0.1) is 11.0 Å². The van der Waals surface area contributed by atoms with Crippen LogP contribution in [0.1, 0.15) is 63.1 Å². The zero-order chi connectivity index (χ0) is 24.7. The summed E-state index contributed by atoms with van der Waals surface area (Å²) in [6, 6.07) is 15.7. The number of rotatable bonds is 11. The van der Waals surface area contributed by atoms with Gasteiger partial charge in [-0.05, 0) is 63.4 Å². The minimum atomic E-state index is -0.0947. The van der Waals surface area contributed by atoms with Crippen molar-refractivity contribution in [3.63, 3.8) is 0 Å². The normalized spacial score (nSPS) is 13.0. The molecule has 0 aliphatic heterocycles. The third-order valence-electron chi connectivity index (χ3n) is 6.40. The summed E-state index contributed by atoms with van der Waals surface area (Å²) >= 11 is 3.40. The SMILES string of the molecule is CCC(C)N(C(=O)Cn1c(CCCNC(=O)c2cccc(Br)c2)nc2ccccc21)C(C)CC. The molecule has 6 nitrogen and oxygen atoms in total. The van der Waals surface area contributed by atoms with Crippen molar-refractivity contribution < 1.29 is 9.59 Å². The molecule has 7 heteroatoms. The summed E-state index contributed by atoms with van der Waals surface area (Å²) in [4.78, 5) is 32.7. The first kappa shape index (κ1) is 25.9. The van der Waals surface area contributed by atoms with Crippen LogP contribution in [0.15, 0.2) is 53.0 Å². The van der Waals surface area contributed by atoms with Gasteiger partial charge in [0.15, 0.2) is 0 Å². The summed E-state index contributed by atoms with van der Waals surface area (Å²) in [5, 5.41) is 2.98. The number of benzene rings is 2. The van der Waals surface area contributed by atoms with Crippen LogP contribution in [0.3, 0.4) is 0 Å². The van der Waals surface area contributed by atoms with Crippen LogP contribution in [-0.2, 0) is 17.8 Å². The van der Waals surface area contributed by atoms with Crippen molar-refractivity contribution >= 4 is 38.8 Å². The maximum atomic E-state index is 13.4. The molecule has 0 bridgehead atoms. The average Bonchev–Trinajstić information content (AvgIpc) is 3.18. The second kappa shape index (κ2) is 12.2. The van der Waals surface area contributed by atoms with Crippen LogP contribution in [0.25, 0.3) is 11.0 Å². The first-order valence-corrected chi connectivity index (χ1v) is 12.9. The van der Waals surface area contributed by atoms with Crippen molar-refractivity contribution in [3.8, 4) is 0 Å². The fraction of sp³-hybridized carbons (Fsp3) is 0.444. The van der Waals surface area contributed by atoms with Crippen LogP contribution >= 0.6 is 15.9 Å². The molecule has 0 spiro atoms. The van der Waals surface area contributed by atoms with Gasteiger partial charge in [0.2, 0.25) is 5.91 Å². The summed E-state index contributed by atoms with van der Waals surface area (Å²) in [5.41, 5.74) is 2.49. The Kier molecular flexibility index (Phi) is 9.28. The van der Waals surface area contributed by atoms with E-state index in [1.54, 1.807) is 12.1 Å². The lowest BCUT2D eigenvalue weighted by Gasteiger charge is -2.34. The summed E-state index contributed by atoms with van der Waals surface area (Å²) in [6.45, 7) is 9.28. The lowest BCUT2D eigenvalue weighted by atomic mass is 10.1. The minimum Gasteiger partial charge on any atom is -0.352 e. The van der Waals surface area contributed by atoms with Crippen LogP contribution in [0.2, 0.25) is 0 Å². The number of amides is 2. The molecule has 182 valence electrons. The summed E-state index contributed by atoms with van der Waals surface area (Å²) in [5.74, 6) is 0.901. The molecule has 3 aromatic rings. The molecular weight excluding hydrogens is 492 g/mol. The molecule has 0 saturated carbocycles. The molecule has 34 heavy (non-hydrogen) atoms. The van der Waals surface area contributed by atoms with Gasteiger partial charge in [-0.1, -0.05) is 48.0 Å². The van der Waals surface area contributed by atoms with E-state index in [0.717, 1.165) is 40.6 Å². The van der Waals surface area contributed by atoms with Crippen molar-refractivity contribution in [2.45, 2.75) is 72.0 Å². The Bertz CT molecular complexity index is 1120. The fourth-order valence-electron chi connectivity index (χ4n) is 4.21. The van der Waals surface area contributed by atoms with Gasteiger partial charge in [-0.2, -0.15) is 0 Å². The van der Waals surface area contributed by atoms with E-state index in [4.69, 9.17) is 4.98 Å². The number of imidazole rings is 1. The highest BCUT2D eigenvalue weighted by atomic mass is 79.9. The molecule has 0 aliphatic rings. The summed E-state index contributed by atoms with van der Waals surface area (Å²) in [7, 11) is 0. The van der Waals surface area contributed by atoms with E-state index >= 15 is 0 Å². The Hall–Kier alpha value is -2.67. The highest BCUT2D eigenvalue weighted by Crippen LogP contribution is 2.20. The zero-order valence-electron chi connectivity index (χ0n) is 20.6. The van der Waals surface area contributed by atoms with E-state index in [-0.39, 0.29) is 30.4 Å². The molecule has 2 amide bonds. The van der Waals surface area contributed by atoms with Gasteiger partial charge < -0.3 is 14.8 Å². The Balaban J connectivity index is 1.72. The highest BCUT2D eigenvalue weighted by molar-refractivity contribution is 9.10. The van der Waals surface area contributed by atoms with Crippen LogP contribution in [0.4, 0.5) is 0 Å². The van der Waals surface area contributed by atoms with Crippen LogP contribution in [0, 0.1) is 0 Å². The Labute approximate surface area is 210 Å². The smallest absolute Gasteiger partial charge is 0.251 e. The maximum Gasteiger partial charge on any atom is 0.251 e. The van der Waals surface area contributed by atoms with Crippen molar-refractivity contribution in [1.29, 1.82) is 0 Å². The second-order valence-electron chi connectivity index (χ2n) is 8.79. The lowest BCUT2D eigenvalue weighted by molar-refractivity contribution is -0.136. The Morgan fingerprint density at radius 1 is 1.06 bits per heavy atom. The average molecular weight is 528 g/mol. The molecule has 2 unspecified atom stereocenters. The molecule has 0 saturated heterocycles. The number of para-hydroxylation sites is 2. The maximum absolute atomic E-state index is 13.4. The predicted octanol–water partition coefficient (Wildman–Crippen LogP) is 5.59. The minimum absolute atomic E-state index is 0.0947. The highest BCUT2D eigenvalue weighted by Gasteiger charge is 2.25. The zero-order valence-corrected chi connectivity index (χ0v) is 22.1. The number of hydrogen-bond acceptors (Lipinski definition) is 3. The molecule has 0 fully saturated rings. The molecule has 2 atom stereocenters. The van der Waals surface area contributed by atoms with Crippen molar-refractivity contribution in [1.82, 2.24) is 19.8 Å². The van der Waals surface area contributed by atoms with E-state index in [9.17, 15) is 9.59 Å². The van der Waals surface area contributed by atoms with Gasteiger partial charge in [-0.3, -0.25) is 9.59 Å². The molecule has 2 aromatic carbocycles. The van der Waals surface area contributed by atoms with E-state index in [0.29, 0.717) is 18.5 Å². The predicted molar refractivity (Wildman–Crippen MR) is 141 cm³/mol. The molecule has 3 rings (SSSR count). The third kappa shape index (κ3) is 6.26. The van der Waals surface area contributed by atoms with Gasteiger partial charge in [0, 0.05) is 35.1 Å². The number of nitrogens with one attached hydrogen (secondary N) is 1. The second-order valence-corrected chi connectivity index (χ2v) is 9.70. The van der Waals surface area contributed by atoms with Gasteiger partial charge >= 0.3 is 0 Å². The van der Waals surface area contributed by atoms with E-state index in [2.05, 4.69) is 48.9 Å². The Morgan fingerprint density at radius 3 is 2.44 bits per heavy atom. The van der Waals surface area contributed by atoms with Crippen LogP contribution in [-0.4, -0.2) is 44.9 Å². The van der Waals surface area contributed by atoms with Gasteiger partial charge in [0.1, 0.15) is 12.4 Å². The number of hydrogen-bond donors (Lipinski definition) is 1. The van der Waals surface area contributed by atoms with Crippen molar-refractivity contribution in [3.05, 3.63) is 64.4 Å². The number of carbonyl (C=O) groups excluding carboxylic acids is 2. The summed E-state index contributed by atoms with van der Waals surface area (Å²) in [6.07, 6.45) is 3.25. The van der Waals surface area contributed by atoms with Crippen molar-refractivity contribution in [2.75, 3.05) is 6.54 Å². The lowest BCUT2D eigenvalue weighted by Crippen LogP contribution is -2.45. The molecular formula is C27H35BrN4O2. The summed E-state index contributed by atoms with van der Waals surface area (Å²) < 4.78 is 2.92. The number of aryl methyl sites for hydroxylation is 1. The van der Waals surface area contributed by atoms with E-state index in [1.807, 2.05) is 45.9 Å². The van der Waals surface area contributed by atoms with E-state index in [1.165, 1.54) is 0 Å². The molecule has 1 N–H and O–H groups in total. The number of carbonyl (C=O) groups is 2. The van der Waals surface area contributed by atoms with Gasteiger partial charge in [-0.25, -0.2) is 4.98 Å². The number of aromatic nitrogens is 2. The fourth-order valence-corrected chi connectivity index (χ4v) is 4.61. The molecule has 1 heterocycles. The Morgan fingerprint density at radius 2 is 1.76 bits per heavy atom. The largest absolute Gasteiger partial charge is 0.352 e. The van der Waals surface area contributed by atoms with Gasteiger partial charge in [0.25, 0.3) is 5.91 Å².